The van der Waals surface area contributed by atoms with Gasteiger partial charge in [-0.1, -0.05) is 24.6 Å². The van der Waals surface area contributed by atoms with Gasteiger partial charge in [0.2, 0.25) is 0 Å². The Bertz CT molecular complexity index is 450. The van der Waals surface area contributed by atoms with Crippen LogP contribution in [0.5, 0.6) is 0 Å². The number of hydrogen-bond donors (Lipinski definition) is 1. The Morgan fingerprint density at radius 1 is 1.40 bits per heavy atom. The molecule has 0 radical (unpaired) electrons. The minimum Gasteiger partial charge on any atom is -0.466 e. The fraction of sp³-hybridized carbons (Fsp3) is 0.562. The van der Waals surface area contributed by atoms with Crippen LogP contribution in [-0.2, 0) is 16.1 Å². The standard InChI is InChI=1S/C16H22FNO2/c1-2-20-16(19)12-7-5-8-14(10-12)18-11-13-6-3-4-9-15(13)17/h3-4,6,9,12,14,18H,2,5,7-8,10-11H2,1H3. The number of esters is 1. The second kappa shape index (κ2) is 7.39. The number of benzene rings is 1. The van der Waals surface area contributed by atoms with Gasteiger partial charge in [-0.25, -0.2) is 4.39 Å². The van der Waals surface area contributed by atoms with Crippen LogP contribution in [0.1, 0.15) is 38.2 Å². The molecule has 0 aromatic heterocycles. The fourth-order valence-electron chi connectivity index (χ4n) is 2.75. The van der Waals surface area contributed by atoms with Gasteiger partial charge in [-0.15, -0.1) is 0 Å². The second-order valence-electron chi connectivity index (χ2n) is 5.28. The van der Waals surface area contributed by atoms with Crippen LogP contribution < -0.4 is 5.32 Å². The number of carbonyl (C=O) groups excluding carboxylic acids is 1. The maximum atomic E-state index is 13.5. The van der Waals surface area contributed by atoms with Crippen molar-refractivity contribution in [2.75, 3.05) is 6.61 Å². The lowest BCUT2D eigenvalue weighted by atomic mass is 9.85. The van der Waals surface area contributed by atoms with Crippen molar-refractivity contribution in [2.24, 2.45) is 5.92 Å². The van der Waals surface area contributed by atoms with Crippen molar-refractivity contribution in [1.82, 2.24) is 5.32 Å². The number of carbonyl (C=O) groups is 1. The van der Waals surface area contributed by atoms with Gasteiger partial charge in [0, 0.05) is 18.2 Å². The first-order valence-corrected chi connectivity index (χ1v) is 7.34. The van der Waals surface area contributed by atoms with Gasteiger partial charge in [0.15, 0.2) is 0 Å². The molecule has 1 aromatic carbocycles. The molecule has 0 spiro atoms. The van der Waals surface area contributed by atoms with Crippen LogP contribution in [0.2, 0.25) is 0 Å². The van der Waals surface area contributed by atoms with Gasteiger partial charge < -0.3 is 10.1 Å². The minimum absolute atomic E-state index is 0.0122. The van der Waals surface area contributed by atoms with Crippen molar-refractivity contribution >= 4 is 5.97 Å². The molecule has 1 saturated carbocycles. The molecule has 3 nitrogen and oxygen atoms in total. The van der Waals surface area contributed by atoms with Gasteiger partial charge in [0.05, 0.1) is 12.5 Å². The minimum atomic E-state index is -0.183. The molecule has 1 fully saturated rings. The molecular weight excluding hydrogens is 257 g/mol. The summed E-state index contributed by atoms with van der Waals surface area (Å²) < 4.78 is 18.6. The predicted octanol–water partition coefficient (Wildman–Crippen LogP) is 3.04. The lowest BCUT2D eigenvalue weighted by molar-refractivity contribution is -0.149. The molecule has 0 saturated heterocycles. The van der Waals surface area contributed by atoms with Gasteiger partial charge in [-0.2, -0.15) is 0 Å². The lowest BCUT2D eigenvalue weighted by Gasteiger charge is -2.28. The largest absolute Gasteiger partial charge is 0.466 e. The molecule has 1 aliphatic carbocycles. The molecule has 1 aliphatic rings. The first-order valence-electron chi connectivity index (χ1n) is 7.34. The first kappa shape index (κ1) is 15.0. The van der Waals surface area contributed by atoms with Crippen molar-refractivity contribution in [2.45, 2.75) is 45.2 Å². The van der Waals surface area contributed by atoms with E-state index in [0.717, 1.165) is 25.7 Å². The van der Waals surface area contributed by atoms with Crippen LogP contribution in [-0.4, -0.2) is 18.6 Å². The summed E-state index contributed by atoms with van der Waals surface area (Å²) in [5, 5.41) is 3.36. The molecule has 2 unspecified atom stereocenters. The van der Waals surface area contributed by atoms with E-state index in [0.29, 0.717) is 18.7 Å². The molecule has 0 bridgehead atoms. The van der Waals surface area contributed by atoms with E-state index in [1.54, 1.807) is 12.1 Å². The fourth-order valence-corrected chi connectivity index (χ4v) is 2.75. The summed E-state index contributed by atoms with van der Waals surface area (Å²) in [6.45, 7) is 2.77. The van der Waals surface area contributed by atoms with E-state index in [1.807, 2.05) is 13.0 Å². The van der Waals surface area contributed by atoms with E-state index in [9.17, 15) is 9.18 Å². The Labute approximate surface area is 119 Å². The molecule has 0 heterocycles. The molecule has 0 aliphatic heterocycles. The summed E-state index contributed by atoms with van der Waals surface area (Å²) in [6.07, 6.45) is 3.73. The van der Waals surface area contributed by atoms with E-state index in [1.165, 1.54) is 6.07 Å². The monoisotopic (exact) mass is 279 g/mol. The van der Waals surface area contributed by atoms with Gasteiger partial charge in [0.25, 0.3) is 0 Å². The average molecular weight is 279 g/mol. The summed E-state index contributed by atoms with van der Waals surface area (Å²) in [5.41, 5.74) is 0.672. The van der Waals surface area contributed by atoms with Crippen LogP contribution >= 0.6 is 0 Å². The molecule has 1 aromatic rings. The van der Waals surface area contributed by atoms with Gasteiger partial charge in [-0.3, -0.25) is 4.79 Å². The first-order chi connectivity index (χ1) is 9.70. The summed E-state index contributed by atoms with van der Waals surface area (Å²) >= 11 is 0. The topological polar surface area (TPSA) is 38.3 Å². The quantitative estimate of drug-likeness (QED) is 0.842. The van der Waals surface area contributed by atoms with E-state index < -0.39 is 0 Å². The summed E-state index contributed by atoms with van der Waals surface area (Å²) in [5.74, 6) is -0.288. The van der Waals surface area contributed by atoms with Crippen molar-refractivity contribution in [1.29, 1.82) is 0 Å². The molecule has 2 rings (SSSR count). The number of rotatable bonds is 5. The number of hydrogen-bond acceptors (Lipinski definition) is 3. The Hall–Kier alpha value is -1.42. The van der Waals surface area contributed by atoms with Crippen molar-refractivity contribution < 1.29 is 13.9 Å². The van der Waals surface area contributed by atoms with Crippen molar-refractivity contribution in [3.63, 3.8) is 0 Å². The van der Waals surface area contributed by atoms with Crippen LogP contribution in [0.4, 0.5) is 4.39 Å². The van der Waals surface area contributed by atoms with Gasteiger partial charge in [0.1, 0.15) is 5.82 Å². The smallest absolute Gasteiger partial charge is 0.308 e. The maximum Gasteiger partial charge on any atom is 0.308 e. The highest BCUT2D eigenvalue weighted by Crippen LogP contribution is 2.25. The number of nitrogens with one attached hydrogen (secondary N) is 1. The van der Waals surface area contributed by atoms with Crippen LogP contribution in [0.15, 0.2) is 24.3 Å². The zero-order chi connectivity index (χ0) is 14.4. The molecule has 0 amide bonds. The van der Waals surface area contributed by atoms with Gasteiger partial charge in [-0.05, 0) is 32.3 Å². The third kappa shape index (κ3) is 4.04. The van der Waals surface area contributed by atoms with Crippen LogP contribution in [0.3, 0.4) is 0 Å². The maximum absolute atomic E-state index is 13.5. The Morgan fingerprint density at radius 2 is 2.20 bits per heavy atom. The highest BCUT2D eigenvalue weighted by atomic mass is 19.1. The normalized spacial score (nSPS) is 22.5. The summed E-state index contributed by atoms with van der Waals surface area (Å²) in [6, 6.07) is 7.05. The van der Waals surface area contributed by atoms with Gasteiger partial charge >= 0.3 is 5.97 Å². The molecule has 4 heteroatoms. The summed E-state index contributed by atoms with van der Waals surface area (Å²) in [7, 11) is 0. The number of halogens is 1. The molecular formula is C16H22FNO2. The predicted molar refractivity (Wildman–Crippen MR) is 75.6 cm³/mol. The highest BCUT2D eigenvalue weighted by Gasteiger charge is 2.27. The highest BCUT2D eigenvalue weighted by molar-refractivity contribution is 5.72. The number of ether oxygens (including phenoxy) is 1. The summed E-state index contributed by atoms with van der Waals surface area (Å²) in [4.78, 5) is 11.8. The third-order valence-corrected chi connectivity index (χ3v) is 3.83. The zero-order valence-corrected chi connectivity index (χ0v) is 11.9. The van der Waals surface area contributed by atoms with E-state index in [2.05, 4.69) is 5.32 Å². The van der Waals surface area contributed by atoms with E-state index in [-0.39, 0.29) is 23.7 Å². The molecule has 20 heavy (non-hydrogen) atoms. The Kier molecular flexibility index (Phi) is 5.53. The van der Waals surface area contributed by atoms with Crippen LogP contribution in [0.25, 0.3) is 0 Å². The molecule has 2 atom stereocenters. The molecule has 1 N–H and O–H groups in total. The van der Waals surface area contributed by atoms with Crippen molar-refractivity contribution in [3.8, 4) is 0 Å². The second-order valence-corrected chi connectivity index (χ2v) is 5.28. The average Bonchev–Trinajstić information content (AvgIpc) is 2.47. The SMILES string of the molecule is CCOC(=O)C1CCCC(NCc2ccccc2F)C1. The molecule has 110 valence electrons. The Balaban J connectivity index is 1.84. The van der Waals surface area contributed by atoms with E-state index in [4.69, 9.17) is 4.74 Å². The lowest BCUT2D eigenvalue weighted by Crippen LogP contribution is -2.36. The Morgan fingerprint density at radius 3 is 2.95 bits per heavy atom. The zero-order valence-electron chi connectivity index (χ0n) is 11.9. The van der Waals surface area contributed by atoms with Crippen molar-refractivity contribution in [3.05, 3.63) is 35.6 Å². The third-order valence-electron chi connectivity index (χ3n) is 3.83. The van der Waals surface area contributed by atoms with E-state index >= 15 is 0 Å². The van der Waals surface area contributed by atoms with Crippen LogP contribution in [0, 0.1) is 11.7 Å².